The maximum atomic E-state index is 11.0. The van der Waals surface area contributed by atoms with Crippen molar-refractivity contribution in [3.05, 3.63) is 0 Å². The lowest BCUT2D eigenvalue weighted by molar-refractivity contribution is -0.139. The summed E-state index contributed by atoms with van der Waals surface area (Å²) >= 11 is 1.58. The molecule has 2 heterocycles. The largest absolute Gasteiger partial charge is 0.274 e. The Morgan fingerprint density at radius 3 is 2.90 bits per heavy atom. The molecule has 2 fully saturated rings. The number of rotatable bonds is 0. The van der Waals surface area contributed by atoms with Crippen LogP contribution in [0.25, 0.3) is 0 Å². The van der Waals surface area contributed by atoms with E-state index in [1.54, 1.807) is 11.8 Å². The smallest absolute Gasteiger partial charge is 0.240 e. The summed E-state index contributed by atoms with van der Waals surface area (Å²) in [6.07, 6.45) is 1.42. The van der Waals surface area contributed by atoms with Crippen molar-refractivity contribution in [2.24, 2.45) is 0 Å². The van der Waals surface area contributed by atoms with Crippen LogP contribution in [0.4, 0.5) is 0 Å². The van der Waals surface area contributed by atoms with Crippen LogP contribution in [0.1, 0.15) is 12.8 Å². The van der Waals surface area contributed by atoms with Crippen LogP contribution in [0.2, 0.25) is 0 Å². The Balaban J connectivity index is 2.26. The van der Waals surface area contributed by atoms with Gasteiger partial charge in [-0.15, -0.1) is 11.8 Å². The average molecular weight is 157 g/mol. The van der Waals surface area contributed by atoms with Crippen LogP contribution in [-0.4, -0.2) is 27.8 Å². The summed E-state index contributed by atoms with van der Waals surface area (Å²) in [6, 6.07) is 0. The third-order valence-corrected chi connectivity index (χ3v) is 3.07. The third kappa shape index (κ3) is 0.683. The van der Waals surface area contributed by atoms with Gasteiger partial charge in [0, 0.05) is 6.42 Å². The predicted molar refractivity (Wildman–Crippen MR) is 37.3 cm³/mol. The van der Waals surface area contributed by atoms with Crippen LogP contribution in [0.15, 0.2) is 0 Å². The van der Waals surface area contributed by atoms with Gasteiger partial charge in [-0.2, -0.15) is 0 Å². The monoisotopic (exact) mass is 157 g/mol. The lowest BCUT2D eigenvalue weighted by atomic mass is 10.4. The molecule has 0 N–H and O–H groups in total. The van der Waals surface area contributed by atoms with Gasteiger partial charge in [-0.05, 0) is 6.42 Å². The van der Waals surface area contributed by atoms with E-state index in [2.05, 4.69) is 0 Å². The fraction of sp³-hybridized carbons (Fsp3) is 0.667. The Hall–Kier alpha value is -0.510. The topological polar surface area (TPSA) is 37.4 Å². The zero-order valence-electron chi connectivity index (χ0n) is 5.37. The molecule has 2 aliphatic rings. The summed E-state index contributed by atoms with van der Waals surface area (Å²) in [5.41, 5.74) is 0. The Morgan fingerprint density at radius 2 is 2.20 bits per heavy atom. The van der Waals surface area contributed by atoms with E-state index in [1.807, 2.05) is 0 Å². The van der Waals surface area contributed by atoms with Crippen molar-refractivity contribution in [3.8, 4) is 0 Å². The predicted octanol–water partition coefficient (Wildman–Crippen LogP) is 0.208. The first-order valence-electron chi connectivity index (χ1n) is 3.25. The first kappa shape index (κ1) is 6.22. The SMILES string of the molecule is O=C1CC[C@@H]2SCC(=O)N12. The molecule has 54 valence electrons. The van der Waals surface area contributed by atoms with E-state index < -0.39 is 0 Å². The second-order valence-corrected chi connectivity index (χ2v) is 3.63. The molecule has 10 heavy (non-hydrogen) atoms. The minimum Gasteiger partial charge on any atom is -0.274 e. The summed E-state index contributed by atoms with van der Waals surface area (Å²) < 4.78 is 0. The van der Waals surface area contributed by atoms with Crippen molar-refractivity contribution >= 4 is 23.6 Å². The Kier molecular flexibility index (Phi) is 1.23. The molecule has 0 saturated carbocycles. The summed E-state index contributed by atoms with van der Waals surface area (Å²) in [5.74, 6) is 0.508. The molecular formula is C6H7NO2S. The van der Waals surface area contributed by atoms with Gasteiger partial charge in [0.05, 0.1) is 11.1 Å². The molecule has 0 unspecified atom stereocenters. The van der Waals surface area contributed by atoms with Crippen LogP contribution in [0.5, 0.6) is 0 Å². The van der Waals surface area contributed by atoms with Gasteiger partial charge in [0.25, 0.3) is 0 Å². The molecule has 4 heteroatoms. The summed E-state index contributed by atoms with van der Waals surface area (Å²) in [5, 5.41) is 0.181. The fourth-order valence-corrected chi connectivity index (χ4v) is 2.49. The second-order valence-electron chi connectivity index (χ2n) is 2.46. The minimum atomic E-state index is -0.00231. The van der Waals surface area contributed by atoms with E-state index in [4.69, 9.17) is 0 Å². The normalized spacial score (nSPS) is 31.6. The minimum absolute atomic E-state index is 0.00231. The molecule has 0 aliphatic carbocycles. The highest BCUT2D eigenvalue weighted by atomic mass is 32.2. The van der Waals surface area contributed by atoms with Crippen LogP contribution in [0.3, 0.4) is 0 Å². The molecule has 0 aromatic rings. The Morgan fingerprint density at radius 1 is 1.40 bits per heavy atom. The molecule has 0 radical (unpaired) electrons. The molecule has 2 amide bonds. The van der Waals surface area contributed by atoms with Crippen LogP contribution in [0, 0.1) is 0 Å². The zero-order valence-corrected chi connectivity index (χ0v) is 6.19. The Labute approximate surface area is 62.8 Å². The van der Waals surface area contributed by atoms with Crippen molar-refractivity contribution in [3.63, 3.8) is 0 Å². The van der Waals surface area contributed by atoms with E-state index in [1.165, 1.54) is 4.90 Å². The van der Waals surface area contributed by atoms with Gasteiger partial charge in [-0.25, -0.2) is 0 Å². The number of imide groups is 1. The van der Waals surface area contributed by atoms with Crippen LogP contribution < -0.4 is 0 Å². The van der Waals surface area contributed by atoms with E-state index in [0.29, 0.717) is 12.2 Å². The van der Waals surface area contributed by atoms with Crippen molar-refractivity contribution in [1.82, 2.24) is 4.90 Å². The standard InChI is InChI=1S/C6H7NO2S/c8-4-1-2-6-7(4)5(9)3-10-6/h6H,1-3H2/t6-/m0/s1. The van der Waals surface area contributed by atoms with Crippen LogP contribution >= 0.6 is 11.8 Å². The highest BCUT2D eigenvalue weighted by Gasteiger charge is 2.40. The highest BCUT2D eigenvalue weighted by molar-refractivity contribution is 8.01. The van der Waals surface area contributed by atoms with Crippen molar-refractivity contribution < 1.29 is 9.59 Å². The van der Waals surface area contributed by atoms with E-state index in [9.17, 15) is 9.59 Å². The number of fused-ring (bicyclic) bond motifs is 1. The van der Waals surface area contributed by atoms with Gasteiger partial charge in [-0.1, -0.05) is 0 Å². The fourth-order valence-electron chi connectivity index (χ4n) is 1.35. The molecule has 0 aromatic heterocycles. The van der Waals surface area contributed by atoms with Gasteiger partial charge in [0.2, 0.25) is 11.8 Å². The number of thioether (sulfide) groups is 1. The number of nitrogens with zero attached hydrogens (tertiary/aromatic N) is 1. The maximum Gasteiger partial charge on any atom is 0.240 e. The second kappa shape index (κ2) is 1.99. The molecule has 0 aromatic carbocycles. The number of carbonyl (C=O) groups is 2. The molecule has 3 nitrogen and oxygen atoms in total. The van der Waals surface area contributed by atoms with Gasteiger partial charge in [0.1, 0.15) is 0 Å². The molecular weight excluding hydrogens is 150 g/mol. The average Bonchev–Trinajstić information content (AvgIpc) is 2.40. The number of hydrogen-bond donors (Lipinski definition) is 0. The first-order valence-corrected chi connectivity index (χ1v) is 4.30. The molecule has 1 atom stereocenters. The molecule has 2 aliphatic heterocycles. The summed E-state index contributed by atoms with van der Waals surface area (Å²) in [7, 11) is 0. The number of amides is 2. The first-order chi connectivity index (χ1) is 4.79. The number of hydrogen-bond acceptors (Lipinski definition) is 3. The Bertz CT molecular complexity index is 184. The van der Waals surface area contributed by atoms with Crippen molar-refractivity contribution in [2.75, 3.05) is 5.75 Å². The van der Waals surface area contributed by atoms with Crippen LogP contribution in [-0.2, 0) is 9.59 Å². The lowest BCUT2D eigenvalue weighted by Gasteiger charge is -2.09. The molecule has 0 bridgehead atoms. The van der Waals surface area contributed by atoms with E-state index in [-0.39, 0.29) is 17.2 Å². The van der Waals surface area contributed by atoms with Gasteiger partial charge >= 0.3 is 0 Å². The van der Waals surface area contributed by atoms with Gasteiger partial charge in [-0.3, -0.25) is 14.5 Å². The molecule has 0 spiro atoms. The van der Waals surface area contributed by atoms with E-state index >= 15 is 0 Å². The number of carbonyl (C=O) groups excluding carboxylic acids is 2. The zero-order chi connectivity index (χ0) is 7.14. The van der Waals surface area contributed by atoms with Gasteiger partial charge in [0.15, 0.2) is 0 Å². The molecule has 2 saturated heterocycles. The highest BCUT2D eigenvalue weighted by Crippen LogP contribution is 2.33. The van der Waals surface area contributed by atoms with Gasteiger partial charge < -0.3 is 0 Å². The van der Waals surface area contributed by atoms with E-state index in [0.717, 1.165) is 6.42 Å². The lowest BCUT2D eigenvalue weighted by Crippen LogP contribution is -2.31. The summed E-state index contributed by atoms with van der Waals surface area (Å²) in [4.78, 5) is 23.3. The third-order valence-electron chi connectivity index (χ3n) is 1.83. The van der Waals surface area contributed by atoms with Crippen molar-refractivity contribution in [1.29, 1.82) is 0 Å². The molecule has 2 rings (SSSR count). The maximum absolute atomic E-state index is 11.0. The van der Waals surface area contributed by atoms with Crippen molar-refractivity contribution in [2.45, 2.75) is 18.2 Å². The quantitative estimate of drug-likeness (QED) is 0.472. The summed E-state index contributed by atoms with van der Waals surface area (Å²) in [6.45, 7) is 0.